The van der Waals surface area contributed by atoms with Crippen LogP contribution in [0.1, 0.15) is 52.1 Å². The van der Waals surface area contributed by atoms with E-state index in [0.717, 1.165) is 18.4 Å². The molecule has 2 heterocycles. The smallest absolute Gasteiger partial charge is 0.319 e. The van der Waals surface area contributed by atoms with E-state index in [1.54, 1.807) is 12.1 Å². The lowest BCUT2D eigenvalue weighted by atomic mass is 10.0. The zero-order chi connectivity index (χ0) is 25.2. The third-order valence-electron chi connectivity index (χ3n) is 6.78. The minimum absolute atomic E-state index is 0.0316. The lowest BCUT2D eigenvalue weighted by Gasteiger charge is -2.35. The normalized spacial score (nSPS) is 20.1. The number of hydrogen-bond acceptors (Lipinski definition) is 7. The number of nitrogens with zero attached hydrogens (tertiary/aromatic N) is 3. The van der Waals surface area contributed by atoms with Crippen molar-refractivity contribution in [2.75, 3.05) is 36.2 Å². The predicted molar refractivity (Wildman–Crippen MR) is 137 cm³/mol. The molecule has 0 bridgehead atoms. The van der Waals surface area contributed by atoms with Crippen molar-refractivity contribution < 1.29 is 17.9 Å². The van der Waals surface area contributed by atoms with Gasteiger partial charge in [0.05, 0.1) is 24.9 Å². The highest BCUT2D eigenvalue weighted by Gasteiger charge is 2.47. The first-order chi connectivity index (χ1) is 16.6. The van der Waals surface area contributed by atoms with Gasteiger partial charge in [0.25, 0.3) is 0 Å². The van der Waals surface area contributed by atoms with Crippen molar-refractivity contribution in [3.05, 3.63) is 36.0 Å². The molecule has 1 aromatic carbocycles. The molecule has 1 saturated carbocycles. The molecule has 9 nitrogen and oxygen atoms in total. The van der Waals surface area contributed by atoms with E-state index in [1.807, 2.05) is 32.0 Å². The van der Waals surface area contributed by atoms with Crippen molar-refractivity contribution in [3.63, 3.8) is 0 Å². The summed E-state index contributed by atoms with van der Waals surface area (Å²) < 4.78 is 30.7. The highest BCUT2D eigenvalue weighted by Crippen LogP contribution is 2.45. The highest BCUT2D eigenvalue weighted by molar-refractivity contribution is 7.91. The molecule has 2 aliphatic rings. The molecule has 2 aromatic rings. The number of carbonyl (C=O) groups is 1. The minimum Gasteiger partial charge on any atom is -0.377 e. The summed E-state index contributed by atoms with van der Waals surface area (Å²) in [5, 5.41) is 5.61. The number of morpholine rings is 1. The van der Waals surface area contributed by atoms with Crippen LogP contribution in [0.25, 0.3) is 11.4 Å². The Morgan fingerprint density at radius 1 is 1.17 bits per heavy atom. The first-order valence-electron chi connectivity index (χ1n) is 12.2. The third kappa shape index (κ3) is 5.43. The largest absolute Gasteiger partial charge is 0.377 e. The van der Waals surface area contributed by atoms with Gasteiger partial charge in [-0.2, -0.15) is 0 Å². The number of rotatable bonds is 6. The maximum Gasteiger partial charge on any atom is 0.319 e. The van der Waals surface area contributed by atoms with Crippen LogP contribution in [0, 0.1) is 0 Å². The van der Waals surface area contributed by atoms with E-state index in [9.17, 15) is 13.2 Å². The molecule has 2 amide bonds. The van der Waals surface area contributed by atoms with Gasteiger partial charge in [-0.1, -0.05) is 12.8 Å². The van der Waals surface area contributed by atoms with Crippen molar-refractivity contribution in [1.29, 1.82) is 0 Å². The quantitative estimate of drug-likeness (QED) is 0.620. The second-order valence-corrected chi connectivity index (χ2v) is 12.2. The Balaban J connectivity index is 1.74. The molecule has 2 fully saturated rings. The number of anilines is 2. The minimum atomic E-state index is -3.40. The summed E-state index contributed by atoms with van der Waals surface area (Å²) in [5.41, 5.74) is 1.97. The highest BCUT2D eigenvalue weighted by atomic mass is 32.2. The van der Waals surface area contributed by atoms with Gasteiger partial charge in [0.1, 0.15) is 10.6 Å². The van der Waals surface area contributed by atoms with Gasteiger partial charge in [0.2, 0.25) is 0 Å². The zero-order valence-electron chi connectivity index (χ0n) is 20.9. The van der Waals surface area contributed by atoms with Gasteiger partial charge in [0.15, 0.2) is 15.7 Å². The maximum absolute atomic E-state index is 13.0. The number of amides is 2. The maximum atomic E-state index is 13.0. The van der Waals surface area contributed by atoms with E-state index in [0.29, 0.717) is 55.6 Å². The topological polar surface area (TPSA) is 114 Å². The van der Waals surface area contributed by atoms with Gasteiger partial charge in [-0.3, -0.25) is 0 Å². The number of aromatic nitrogens is 2. The van der Waals surface area contributed by atoms with Crippen LogP contribution >= 0.6 is 0 Å². The molecule has 35 heavy (non-hydrogen) atoms. The Labute approximate surface area is 207 Å². The first kappa shape index (κ1) is 25.4. The molecular formula is C25H35N5O4S. The summed E-state index contributed by atoms with van der Waals surface area (Å²) in [6.07, 6.45) is 4.16. The van der Waals surface area contributed by atoms with Crippen molar-refractivity contribution in [1.82, 2.24) is 15.3 Å². The third-order valence-corrected chi connectivity index (χ3v) is 8.82. The van der Waals surface area contributed by atoms with E-state index in [4.69, 9.17) is 14.7 Å². The van der Waals surface area contributed by atoms with Crippen LogP contribution in [0.5, 0.6) is 0 Å². The number of sulfone groups is 1. The van der Waals surface area contributed by atoms with E-state index in [-0.39, 0.29) is 18.1 Å². The summed E-state index contributed by atoms with van der Waals surface area (Å²) in [7, 11) is -3.40. The molecule has 2 N–H and O–H groups in total. The Kier molecular flexibility index (Phi) is 7.32. The molecular weight excluding hydrogens is 466 g/mol. The van der Waals surface area contributed by atoms with Gasteiger partial charge in [0, 0.05) is 36.2 Å². The average molecular weight is 502 g/mol. The van der Waals surface area contributed by atoms with Crippen LogP contribution < -0.4 is 15.5 Å². The molecule has 4 rings (SSSR count). The predicted octanol–water partition coefficient (Wildman–Crippen LogP) is 3.71. The van der Waals surface area contributed by atoms with Crippen LogP contribution in [-0.4, -0.2) is 62.5 Å². The fourth-order valence-electron chi connectivity index (χ4n) is 4.91. The Hall–Kier alpha value is -2.72. The van der Waals surface area contributed by atoms with E-state index in [2.05, 4.69) is 22.5 Å². The molecule has 1 atom stereocenters. The van der Waals surface area contributed by atoms with Crippen molar-refractivity contribution >= 4 is 27.4 Å². The number of nitrogens with one attached hydrogen (secondary N) is 2. The molecule has 1 aromatic heterocycles. The number of carbonyl (C=O) groups excluding carboxylic acids is 1. The van der Waals surface area contributed by atoms with Crippen molar-refractivity contribution in [3.8, 4) is 11.4 Å². The monoisotopic (exact) mass is 501 g/mol. The van der Waals surface area contributed by atoms with Gasteiger partial charge in [-0.25, -0.2) is 23.2 Å². The number of hydrogen-bond donors (Lipinski definition) is 2. The van der Waals surface area contributed by atoms with E-state index >= 15 is 0 Å². The standard InChI is InChI=1S/C25H35N5O4S/c1-17(2)26-24(31)27-20-9-7-19(8-10-20)23-28-21(25(35(4,32)33)11-5-6-12-25)15-22(29-23)30-13-14-34-16-18(30)3/h7-10,15,17-18H,5-6,11-14,16H2,1-4H3,(H2,26,27,31)/t18-/m0/s1. The summed E-state index contributed by atoms with van der Waals surface area (Å²) >= 11 is 0. The average Bonchev–Trinajstić information content (AvgIpc) is 3.31. The molecule has 1 aliphatic heterocycles. The lowest BCUT2D eigenvalue weighted by molar-refractivity contribution is 0.0985. The van der Waals surface area contributed by atoms with Gasteiger partial charge >= 0.3 is 6.03 Å². The van der Waals surface area contributed by atoms with Crippen LogP contribution in [0.15, 0.2) is 30.3 Å². The van der Waals surface area contributed by atoms with Crippen molar-refractivity contribution in [2.24, 2.45) is 0 Å². The molecule has 0 radical (unpaired) electrons. The Morgan fingerprint density at radius 2 is 1.86 bits per heavy atom. The lowest BCUT2D eigenvalue weighted by Crippen LogP contribution is -2.44. The Morgan fingerprint density at radius 3 is 2.46 bits per heavy atom. The van der Waals surface area contributed by atoms with Crippen LogP contribution in [0.3, 0.4) is 0 Å². The zero-order valence-corrected chi connectivity index (χ0v) is 21.7. The summed E-state index contributed by atoms with van der Waals surface area (Å²) in [6.45, 7) is 7.72. The SMILES string of the molecule is CC(C)NC(=O)Nc1ccc(-c2nc(N3CCOC[C@@H]3C)cc(C3(S(C)(=O)=O)CCCC3)n2)cc1. The number of benzene rings is 1. The second-order valence-electron chi connectivity index (χ2n) is 9.86. The summed E-state index contributed by atoms with van der Waals surface area (Å²) in [6, 6.07) is 9.02. The number of ether oxygens (including phenoxy) is 1. The molecule has 1 aliphatic carbocycles. The fourth-order valence-corrected chi connectivity index (χ4v) is 6.42. The van der Waals surface area contributed by atoms with Crippen LogP contribution in [0.4, 0.5) is 16.3 Å². The van der Waals surface area contributed by atoms with Gasteiger partial charge in [-0.05, 0) is 57.9 Å². The summed E-state index contributed by atoms with van der Waals surface area (Å²) in [4.78, 5) is 23.9. The van der Waals surface area contributed by atoms with Crippen molar-refractivity contribution in [2.45, 2.75) is 63.3 Å². The van der Waals surface area contributed by atoms with Crippen LogP contribution in [0.2, 0.25) is 0 Å². The Bertz CT molecular complexity index is 1160. The first-order valence-corrected chi connectivity index (χ1v) is 14.1. The molecule has 0 spiro atoms. The van der Waals surface area contributed by atoms with Gasteiger partial charge in [-0.15, -0.1) is 0 Å². The van der Waals surface area contributed by atoms with E-state index in [1.165, 1.54) is 6.26 Å². The molecule has 1 saturated heterocycles. The van der Waals surface area contributed by atoms with Crippen LogP contribution in [-0.2, 0) is 19.3 Å². The molecule has 0 unspecified atom stereocenters. The number of urea groups is 1. The molecule has 10 heteroatoms. The van der Waals surface area contributed by atoms with Gasteiger partial charge < -0.3 is 20.3 Å². The second kappa shape index (κ2) is 10.1. The molecule has 190 valence electrons. The fraction of sp³-hybridized carbons (Fsp3) is 0.560. The summed E-state index contributed by atoms with van der Waals surface area (Å²) in [5.74, 6) is 1.19. The van der Waals surface area contributed by atoms with E-state index < -0.39 is 14.6 Å².